The Hall–Kier alpha value is -1.21. The van der Waals surface area contributed by atoms with Crippen molar-refractivity contribution in [1.29, 1.82) is 0 Å². The molecule has 0 aromatic carbocycles. The highest BCUT2D eigenvalue weighted by atomic mass is 127. The Morgan fingerprint density at radius 3 is 1.49 bits per heavy atom. The molecule has 210 valence electrons. The summed E-state index contributed by atoms with van der Waals surface area (Å²) in [7, 11) is 0. The number of aliphatic hydroxyl groups is 1. The summed E-state index contributed by atoms with van der Waals surface area (Å²) in [6.45, 7) is 1.49. The quantitative estimate of drug-likeness (QED) is 0.0863. The Morgan fingerprint density at radius 1 is 0.541 bits per heavy atom. The van der Waals surface area contributed by atoms with Crippen molar-refractivity contribution in [1.82, 2.24) is 0 Å². The average Bonchev–Trinajstić information content (AvgIpc) is 2.88. The number of unbranched alkanes of at least 4 members (excludes halogenated alkanes) is 16. The van der Waals surface area contributed by atoms with Gasteiger partial charge in [0.1, 0.15) is 6.54 Å². The van der Waals surface area contributed by atoms with E-state index in [4.69, 9.17) is 5.11 Å². The van der Waals surface area contributed by atoms with E-state index in [2.05, 4.69) is 35.2 Å². The third-order valence-corrected chi connectivity index (χ3v) is 7.26. The molecule has 0 aliphatic carbocycles. The molecule has 0 radical (unpaired) electrons. The third-order valence-electron chi connectivity index (χ3n) is 7.26. The zero-order valence-electron chi connectivity index (χ0n) is 23.3. The van der Waals surface area contributed by atoms with Gasteiger partial charge in [-0.05, 0) is 50.7 Å². The van der Waals surface area contributed by atoms with Crippen molar-refractivity contribution < 1.29 is 38.4 Å². The molecule has 0 aliphatic rings. The topological polar surface area (TPSA) is 51.0 Å². The molecule has 0 saturated carbocycles. The molecule has 1 N–H and O–H groups in total. The molecule has 5 heteroatoms. The number of hydrogen-bond acceptors (Lipinski definition) is 2. The molecule has 0 saturated heterocycles. The number of aryl methyl sites for hydroxylation is 3. The Kier molecular flexibility index (Phi) is 21.8. The van der Waals surface area contributed by atoms with E-state index in [1.165, 1.54) is 121 Å². The maximum absolute atomic E-state index is 11.3. The lowest BCUT2D eigenvalue weighted by atomic mass is 10.0. The molecule has 0 spiro atoms. The number of aliphatic hydroxyl groups excluding tert-OH is 1. The van der Waals surface area contributed by atoms with E-state index in [1.807, 2.05) is 6.07 Å². The van der Waals surface area contributed by atoms with Crippen LogP contribution >= 0.6 is 0 Å². The first-order valence-electron chi connectivity index (χ1n) is 15.0. The van der Waals surface area contributed by atoms with E-state index in [0.29, 0.717) is 6.61 Å². The molecule has 2 rings (SSSR count). The number of aromatic nitrogens is 2. The Balaban J connectivity index is 0.00000684. The van der Waals surface area contributed by atoms with Crippen LogP contribution in [0.15, 0.2) is 49.1 Å². The second-order valence-electron chi connectivity index (χ2n) is 10.6. The second kappa shape index (κ2) is 23.9. The summed E-state index contributed by atoms with van der Waals surface area (Å²) < 4.78 is 3.29. The summed E-state index contributed by atoms with van der Waals surface area (Å²) in [5, 5.41) is 20.1. The minimum Gasteiger partial charge on any atom is -1.00 e. The van der Waals surface area contributed by atoms with Crippen LogP contribution in [-0.2, 0) is 19.4 Å². The molecule has 0 bridgehead atoms. The SMILES string of the molecule is [I-].[O-][n+]1cccc(CCCCCCCCCC[n+]2cccc(CCCCCCCCCCCCO)c2)c1. The zero-order valence-corrected chi connectivity index (χ0v) is 25.5. The minimum absolute atomic E-state index is 0. The molecule has 0 amide bonds. The number of rotatable bonds is 23. The lowest BCUT2D eigenvalue weighted by molar-refractivity contribution is -0.697. The molecule has 0 unspecified atom stereocenters. The van der Waals surface area contributed by atoms with E-state index in [0.717, 1.165) is 29.7 Å². The highest BCUT2D eigenvalue weighted by molar-refractivity contribution is 5.05. The average molecular weight is 625 g/mol. The molecule has 4 nitrogen and oxygen atoms in total. The molecule has 37 heavy (non-hydrogen) atoms. The molecule has 0 atom stereocenters. The molecule has 2 aromatic rings. The fourth-order valence-electron chi connectivity index (χ4n) is 5.05. The fraction of sp³-hybridized carbons (Fsp3) is 0.688. The summed E-state index contributed by atoms with van der Waals surface area (Å²) in [5.74, 6) is 0. The number of hydrogen-bond donors (Lipinski definition) is 1. The smallest absolute Gasteiger partial charge is 0.183 e. The Labute approximate surface area is 244 Å². The molecule has 0 aliphatic heterocycles. The first kappa shape index (κ1) is 33.8. The van der Waals surface area contributed by atoms with Crippen LogP contribution < -0.4 is 33.3 Å². The van der Waals surface area contributed by atoms with Gasteiger partial charge in [0.05, 0.1) is 0 Å². The zero-order chi connectivity index (χ0) is 25.5. The highest BCUT2D eigenvalue weighted by Crippen LogP contribution is 2.13. The molecular weight excluding hydrogens is 571 g/mol. The van der Waals surface area contributed by atoms with E-state index in [1.54, 1.807) is 12.4 Å². The Morgan fingerprint density at radius 2 is 0.973 bits per heavy atom. The van der Waals surface area contributed by atoms with Crippen LogP contribution in [0.5, 0.6) is 0 Å². The van der Waals surface area contributed by atoms with Crippen molar-refractivity contribution in [3.63, 3.8) is 0 Å². The lowest BCUT2D eigenvalue weighted by Gasteiger charge is -2.04. The van der Waals surface area contributed by atoms with Crippen molar-refractivity contribution in [3.05, 3.63) is 65.4 Å². The van der Waals surface area contributed by atoms with Crippen LogP contribution in [0.4, 0.5) is 0 Å². The van der Waals surface area contributed by atoms with Gasteiger partial charge in [-0.25, -0.2) is 4.57 Å². The van der Waals surface area contributed by atoms with Gasteiger partial charge >= 0.3 is 0 Å². The van der Waals surface area contributed by atoms with Gasteiger partial charge in [0, 0.05) is 36.3 Å². The van der Waals surface area contributed by atoms with Crippen molar-refractivity contribution in [2.75, 3.05) is 6.61 Å². The fourth-order valence-corrected chi connectivity index (χ4v) is 5.05. The normalized spacial score (nSPS) is 10.9. The van der Waals surface area contributed by atoms with Gasteiger partial charge in [-0.2, -0.15) is 4.73 Å². The van der Waals surface area contributed by atoms with E-state index >= 15 is 0 Å². The lowest BCUT2D eigenvalue weighted by Crippen LogP contribution is -3.00. The summed E-state index contributed by atoms with van der Waals surface area (Å²) in [6.07, 6.45) is 33.4. The van der Waals surface area contributed by atoms with Crippen LogP contribution in [0.25, 0.3) is 0 Å². The predicted molar refractivity (Wildman–Crippen MR) is 150 cm³/mol. The predicted octanol–water partition coefficient (Wildman–Crippen LogP) is 4.41. The monoisotopic (exact) mass is 624 g/mol. The number of nitrogens with zero attached hydrogens (tertiary/aromatic N) is 2. The second-order valence-corrected chi connectivity index (χ2v) is 10.6. The molecular formula is C32H53IN2O2. The van der Waals surface area contributed by atoms with Crippen molar-refractivity contribution in [3.8, 4) is 0 Å². The van der Waals surface area contributed by atoms with Gasteiger partial charge in [0.2, 0.25) is 0 Å². The van der Waals surface area contributed by atoms with Crippen molar-refractivity contribution >= 4 is 0 Å². The van der Waals surface area contributed by atoms with E-state index in [9.17, 15) is 5.21 Å². The van der Waals surface area contributed by atoms with E-state index < -0.39 is 0 Å². The van der Waals surface area contributed by atoms with Crippen LogP contribution in [0, 0.1) is 5.21 Å². The van der Waals surface area contributed by atoms with Gasteiger partial charge in [-0.3, -0.25) is 0 Å². The van der Waals surface area contributed by atoms with Crippen LogP contribution in [-0.4, -0.2) is 11.7 Å². The van der Waals surface area contributed by atoms with Crippen LogP contribution in [0.2, 0.25) is 0 Å². The third kappa shape index (κ3) is 18.6. The molecule has 2 aromatic heterocycles. The van der Waals surface area contributed by atoms with Gasteiger partial charge in [0.15, 0.2) is 24.8 Å². The van der Waals surface area contributed by atoms with Crippen LogP contribution in [0.3, 0.4) is 0 Å². The maximum Gasteiger partial charge on any atom is 0.183 e. The summed E-state index contributed by atoms with van der Waals surface area (Å²) in [6, 6.07) is 8.40. The standard InChI is InChI=1S/C32H53N2O2.HI/c35-28-18-14-10-6-2-1-3-7-11-15-21-31-23-19-26-33(29-31)25-17-13-9-5-4-8-12-16-22-32-24-20-27-34(36)30-32;/h19-20,23-24,26-27,29-30,35H,1-18,21-22,25,28H2;1H/q+1;/p-1. The van der Waals surface area contributed by atoms with E-state index in [-0.39, 0.29) is 24.0 Å². The minimum atomic E-state index is 0. The summed E-state index contributed by atoms with van der Waals surface area (Å²) in [4.78, 5) is 0. The van der Waals surface area contributed by atoms with Crippen LogP contribution in [0.1, 0.15) is 127 Å². The largest absolute Gasteiger partial charge is 1.00 e. The van der Waals surface area contributed by atoms with Gasteiger partial charge < -0.3 is 34.3 Å². The van der Waals surface area contributed by atoms with Gasteiger partial charge in [0.25, 0.3) is 0 Å². The molecule has 2 heterocycles. The van der Waals surface area contributed by atoms with Gasteiger partial charge in [-0.15, -0.1) is 0 Å². The van der Waals surface area contributed by atoms with Crippen molar-refractivity contribution in [2.24, 2.45) is 0 Å². The van der Waals surface area contributed by atoms with Crippen molar-refractivity contribution in [2.45, 2.75) is 135 Å². The van der Waals surface area contributed by atoms with Gasteiger partial charge in [-0.1, -0.05) is 83.5 Å². The summed E-state index contributed by atoms with van der Waals surface area (Å²) in [5.41, 5.74) is 2.64. The Bertz CT molecular complexity index is 787. The number of halogens is 1. The first-order valence-corrected chi connectivity index (χ1v) is 15.0. The first-order chi connectivity index (χ1) is 17.8. The number of pyridine rings is 2. The maximum atomic E-state index is 11.3. The highest BCUT2D eigenvalue weighted by Gasteiger charge is 2.04. The molecule has 0 fully saturated rings. The summed E-state index contributed by atoms with van der Waals surface area (Å²) >= 11 is 0.